The first-order valence-corrected chi connectivity index (χ1v) is 7.04. The second kappa shape index (κ2) is 6.33. The van der Waals surface area contributed by atoms with Gasteiger partial charge >= 0.3 is 0 Å². The first-order chi connectivity index (χ1) is 9.15. The lowest BCUT2D eigenvalue weighted by Crippen LogP contribution is -2.13. The Labute approximate surface area is 117 Å². The molecule has 0 aliphatic carbocycles. The number of carbonyl (C=O) groups excluding carboxylic acids is 1. The molecule has 100 valence electrons. The Morgan fingerprint density at radius 3 is 2.63 bits per heavy atom. The van der Waals surface area contributed by atoms with E-state index >= 15 is 0 Å². The highest BCUT2D eigenvalue weighted by Gasteiger charge is 2.04. The molecule has 4 nitrogen and oxygen atoms in total. The van der Waals surface area contributed by atoms with Crippen molar-refractivity contribution >= 4 is 28.6 Å². The summed E-state index contributed by atoms with van der Waals surface area (Å²) in [5.41, 5.74) is 4.70. The molecule has 0 atom stereocenters. The molecule has 0 spiro atoms. The zero-order chi connectivity index (χ0) is 13.7. The largest absolute Gasteiger partial charge is 0.378 e. The molecule has 0 saturated heterocycles. The predicted octanol–water partition coefficient (Wildman–Crippen LogP) is 2.78. The Kier molecular flexibility index (Phi) is 4.52. The van der Waals surface area contributed by atoms with Crippen LogP contribution in [0.1, 0.15) is 12.1 Å². The molecule has 0 aliphatic heterocycles. The summed E-state index contributed by atoms with van der Waals surface area (Å²) >= 11 is 1.55. The van der Waals surface area contributed by atoms with Crippen LogP contribution in [0.4, 0.5) is 11.4 Å². The van der Waals surface area contributed by atoms with Crippen molar-refractivity contribution in [3.05, 3.63) is 40.8 Å². The van der Waals surface area contributed by atoms with Crippen LogP contribution in [0.3, 0.4) is 0 Å². The number of carbonyl (C=O) groups is 1. The monoisotopic (exact) mass is 275 g/mol. The maximum Gasteiger partial charge on any atom is 0.224 e. The number of rotatable bonds is 5. The Hall–Kier alpha value is -1.88. The van der Waals surface area contributed by atoms with E-state index in [1.165, 1.54) is 0 Å². The number of benzene rings is 1. The van der Waals surface area contributed by atoms with Crippen LogP contribution >= 0.6 is 11.3 Å². The number of amides is 1. The average molecular weight is 275 g/mol. The van der Waals surface area contributed by atoms with Gasteiger partial charge in [0.1, 0.15) is 0 Å². The summed E-state index contributed by atoms with van der Waals surface area (Å²) in [6.45, 7) is 0. The maximum atomic E-state index is 11.8. The van der Waals surface area contributed by atoms with Crippen molar-refractivity contribution in [3.8, 4) is 0 Å². The minimum atomic E-state index is 0.0191. The van der Waals surface area contributed by atoms with E-state index in [9.17, 15) is 4.79 Å². The van der Waals surface area contributed by atoms with Gasteiger partial charge in [-0.25, -0.2) is 4.98 Å². The van der Waals surface area contributed by atoms with Gasteiger partial charge in [0.15, 0.2) is 0 Å². The van der Waals surface area contributed by atoms with Crippen LogP contribution < -0.4 is 10.2 Å². The summed E-state index contributed by atoms with van der Waals surface area (Å²) in [6, 6.07) is 7.79. The van der Waals surface area contributed by atoms with Crippen LogP contribution in [0.5, 0.6) is 0 Å². The number of nitrogens with one attached hydrogen (secondary N) is 1. The number of hydrogen-bond donors (Lipinski definition) is 1. The number of aryl methyl sites for hydroxylation is 1. The first-order valence-electron chi connectivity index (χ1n) is 6.09. The maximum absolute atomic E-state index is 11.8. The molecular weight excluding hydrogens is 258 g/mol. The lowest BCUT2D eigenvalue weighted by molar-refractivity contribution is -0.116. The quantitative estimate of drug-likeness (QED) is 0.912. The summed E-state index contributed by atoms with van der Waals surface area (Å²) in [7, 11) is 3.98. The minimum Gasteiger partial charge on any atom is -0.378 e. The van der Waals surface area contributed by atoms with Crippen molar-refractivity contribution in [2.24, 2.45) is 0 Å². The molecule has 0 radical (unpaired) electrons. The second-order valence-corrected chi connectivity index (χ2v) is 5.19. The lowest BCUT2D eigenvalue weighted by atomic mass is 10.2. The van der Waals surface area contributed by atoms with Gasteiger partial charge in [0.25, 0.3) is 0 Å². The van der Waals surface area contributed by atoms with E-state index < -0.39 is 0 Å². The minimum absolute atomic E-state index is 0.0191. The molecule has 1 aromatic carbocycles. The van der Waals surface area contributed by atoms with Crippen molar-refractivity contribution < 1.29 is 4.79 Å². The molecule has 19 heavy (non-hydrogen) atoms. The van der Waals surface area contributed by atoms with Crippen LogP contribution in [-0.2, 0) is 11.2 Å². The summed E-state index contributed by atoms with van der Waals surface area (Å²) in [5.74, 6) is 0.0191. The molecule has 1 amide bonds. The summed E-state index contributed by atoms with van der Waals surface area (Å²) in [4.78, 5) is 18.0. The van der Waals surface area contributed by atoms with Gasteiger partial charge in [0, 0.05) is 37.3 Å². The molecule has 0 bridgehead atoms. The molecule has 0 unspecified atom stereocenters. The predicted molar refractivity (Wildman–Crippen MR) is 79.8 cm³/mol. The molecular formula is C14H17N3OS. The highest BCUT2D eigenvalue weighted by atomic mass is 32.1. The summed E-state index contributed by atoms with van der Waals surface area (Å²) in [5, 5.41) is 4.86. The topological polar surface area (TPSA) is 45.2 Å². The molecule has 1 aromatic heterocycles. The smallest absolute Gasteiger partial charge is 0.224 e. The van der Waals surface area contributed by atoms with Gasteiger partial charge in [0.05, 0.1) is 11.2 Å². The van der Waals surface area contributed by atoms with E-state index in [0.29, 0.717) is 12.8 Å². The van der Waals surface area contributed by atoms with Crippen molar-refractivity contribution in [3.63, 3.8) is 0 Å². The zero-order valence-corrected chi connectivity index (χ0v) is 11.9. The van der Waals surface area contributed by atoms with Gasteiger partial charge in [-0.2, -0.15) is 0 Å². The average Bonchev–Trinajstić information content (AvgIpc) is 2.90. The third-order valence-electron chi connectivity index (χ3n) is 2.76. The molecule has 2 rings (SSSR count). The SMILES string of the molecule is CN(C)c1ccc(NC(=O)CCc2cscn2)cc1. The first kappa shape index (κ1) is 13.5. The third kappa shape index (κ3) is 4.06. The van der Waals surface area contributed by atoms with Crippen molar-refractivity contribution in [1.29, 1.82) is 0 Å². The molecule has 5 heteroatoms. The summed E-state index contributed by atoms with van der Waals surface area (Å²) in [6.07, 6.45) is 1.14. The number of thiazole rings is 1. The number of anilines is 2. The number of hydrogen-bond acceptors (Lipinski definition) is 4. The van der Waals surface area contributed by atoms with Gasteiger partial charge in [0.2, 0.25) is 5.91 Å². The summed E-state index contributed by atoms with van der Waals surface area (Å²) < 4.78 is 0. The van der Waals surface area contributed by atoms with Crippen LogP contribution in [0, 0.1) is 0 Å². The van der Waals surface area contributed by atoms with Crippen molar-refractivity contribution in [2.75, 3.05) is 24.3 Å². The lowest BCUT2D eigenvalue weighted by Gasteiger charge is -2.13. The zero-order valence-electron chi connectivity index (χ0n) is 11.1. The van der Waals surface area contributed by atoms with Crippen LogP contribution in [-0.4, -0.2) is 25.0 Å². The Morgan fingerprint density at radius 1 is 1.32 bits per heavy atom. The fraction of sp³-hybridized carbons (Fsp3) is 0.286. The van der Waals surface area contributed by atoms with Gasteiger partial charge in [-0.15, -0.1) is 11.3 Å². The van der Waals surface area contributed by atoms with Gasteiger partial charge in [-0.05, 0) is 30.7 Å². The van der Waals surface area contributed by atoms with Crippen molar-refractivity contribution in [1.82, 2.24) is 4.98 Å². The van der Waals surface area contributed by atoms with Gasteiger partial charge in [-0.3, -0.25) is 4.79 Å². The van der Waals surface area contributed by atoms with Gasteiger partial charge < -0.3 is 10.2 Å². The van der Waals surface area contributed by atoms with Crippen LogP contribution in [0.25, 0.3) is 0 Å². The molecule has 0 saturated carbocycles. The van der Waals surface area contributed by atoms with Crippen LogP contribution in [0.15, 0.2) is 35.2 Å². The molecule has 0 fully saturated rings. The molecule has 2 aromatic rings. The van der Waals surface area contributed by atoms with E-state index in [-0.39, 0.29) is 5.91 Å². The third-order valence-corrected chi connectivity index (χ3v) is 3.39. The normalized spacial score (nSPS) is 10.2. The molecule has 1 heterocycles. The Bertz CT molecular complexity index is 520. The standard InChI is InChI=1S/C14H17N3OS/c1-17(2)13-6-3-11(4-7-13)16-14(18)8-5-12-9-19-10-15-12/h3-4,6-7,9-10H,5,8H2,1-2H3,(H,16,18). The second-order valence-electron chi connectivity index (χ2n) is 4.47. The fourth-order valence-corrected chi connectivity index (χ4v) is 2.26. The molecule has 0 aliphatic rings. The Morgan fingerprint density at radius 2 is 2.05 bits per heavy atom. The number of nitrogens with zero attached hydrogens (tertiary/aromatic N) is 2. The van der Waals surface area contributed by atoms with Crippen LogP contribution in [0.2, 0.25) is 0 Å². The van der Waals surface area contributed by atoms with E-state index in [2.05, 4.69) is 10.3 Å². The highest BCUT2D eigenvalue weighted by Crippen LogP contribution is 2.16. The highest BCUT2D eigenvalue weighted by molar-refractivity contribution is 7.07. The van der Waals surface area contributed by atoms with Gasteiger partial charge in [-0.1, -0.05) is 0 Å². The van der Waals surface area contributed by atoms with E-state index in [1.807, 2.05) is 48.6 Å². The molecule has 1 N–H and O–H groups in total. The van der Waals surface area contributed by atoms with Crippen molar-refractivity contribution in [2.45, 2.75) is 12.8 Å². The fourth-order valence-electron chi connectivity index (χ4n) is 1.67. The number of aromatic nitrogens is 1. The van der Waals surface area contributed by atoms with E-state index in [1.54, 1.807) is 16.8 Å². The van der Waals surface area contributed by atoms with E-state index in [0.717, 1.165) is 17.1 Å². The van der Waals surface area contributed by atoms with E-state index in [4.69, 9.17) is 0 Å². The Balaban J connectivity index is 1.84.